The summed E-state index contributed by atoms with van der Waals surface area (Å²) in [6, 6.07) is 0. The van der Waals surface area contributed by atoms with Gasteiger partial charge in [-0.15, -0.1) is 0 Å². The molecule has 0 amide bonds. The highest BCUT2D eigenvalue weighted by molar-refractivity contribution is 5.70. The first-order valence-electron chi connectivity index (χ1n) is 5.34. The third kappa shape index (κ3) is 4.62. The third-order valence-electron chi connectivity index (χ3n) is 2.77. The van der Waals surface area contributed by atoms with E-state index >= 15 is 0 Å². The first-order valence-corrected chi connectivity index (χ1v) is 5.34. The summed E-state index contributed by atoms with van der Waals surface area (Å²) in [4.78, 5) is 11.3. The molecule has 90 valence electrons. The van der Waals surface area contributed by atoms with E-state index in [1.165, 1.54) is 7.11 Å². The summed E-state index contributed by atoms with van der Waals surface area (Å²) in [6.07, 6.45) is 1.30. The SMILES string of the molecule is CCCNC(C)(CC(=O)OC)C(C)OC. The summed E-state index contributed by atoms with van der Waals surface area (Å²) in [6.45, 7) is 6.88. The van der Waals surface area contributed by atoms with E-state index in [9.17, 15) is 4.79 Å². The summed E-state index contributed by atoms with van der Waals surface area (Å²) in [5, 5.41) is 3.34. The third-order valence-corrected chi connectivity index (χ3v) is 2.77. The van der Waals surface area contributed by atoms with Crippen molar-refractivity contribution < 1.29 is 14.3 Å². The van der Waals surface area contributed by atoms with Gasteiger partial charge in [0.05, 0.1) is 25.2 Å². The van der Waals surface area contributed by atoms with Gasteiger partial charge in [-0.25, -0.2) is 0 Å². The van der Waals surface area contributed by atoms with E-state index < -0.39 is 0 Å². The number of methoxy groups -OCH3 is 2. The molecule has 0 spiro atoms. The number of hydrogen-bond donors (Lipinski definition) is 1. The normalized spacial score (nSPS) is 16.9. The Kier molecular flexibility index (Phi) is 6.52. The zero-order valence-electron chi connectivity index (χ0n) is 10.4. The number of carbonyl (C=O) groups excluding carboxylic acids is 1. The minimum atomic E-state index is -0.363. The maximum atomic E-state index is 11.3. The Labute approximate surface area is 92.3 Å². The fraction of sp³-hybridized carbons (Fsp3) is 0.909. The molecule has 0 bridgehead atoms. The second kappa shape index (κ2) is 6.80. The van der Waals surface area contributed by atoms with E-state index in [0.29, 0.717) is 6.42 Å². The second-order valence-corrected chi connectivity index (χ2v) is 3.98. The van der Waals surface area contributed by atoms with E-state index in [1.807, 2.05) is 13.8 Å². The van der Waals surface area contributed by atoms with Gasteiger partial charge in [0.15, 0.2) is 0 Å². The lowest BCUT2D eigenvalue weighted by molar-refractivity contribution is -0.143. The predicted molar refractivity (Wildman–Crippen MR) is 59.8 cm³/mol. The Morgan fingerprint density at radius 1 is 1.47 bits per heavy atom. The summed E-state index contributed by atoms with van der Waals surface area (Å²) in [7, 11) is 3.05. The molecule has 0 fully saturated rings. The maximum Gasteiger partial charge on any atom is 0.307 e. The zero-order chi connectivity index (χ0) is 11.9. The van der Waals surface area contributed by atoms with Crippen LogP contribution in [0.4, 0.5) is 0 Å². The Morgan fingerprint density at radius 3 is 2.47 bits per heavy atom. The molecule has 2 atom stereocenters. The molecule has 2 unspecified atom stereocenters. The molecule has 0 saturated carbocycles. The van der Waals surface area contributed by atoms with Gasteiger partial charge in [-0.2, -0.15) is 0 Å². The topological polar surface area (TPSA) is 47.6 Å². The van der Waals surface area contributed by atoms with Crippen molar-refractivity contribution in [3.63, 3.8) is 0 Å². The van der Waals surface area contributed by atoms with Gasteiger partial charge >= 0.3 is 5.97 Å². The summed E-state index contributed by atoms with van der Waals surface area (Å²) in [5.74, 6) is -0.218. The quantitative estimate of drug-likeness (QED) is 0.654. The van der Waals surface area contributed by atoms with Crippen LogP contribution < -0.4 is 5.32 Å². The van der Waals surface area contributed by atoms with Gasteiger partial charge in [-0.1, -0.05) is 6.92 Å². The van der Waals surface area contributed by atoms with Crippen LogP contribution in [0, 0.1) is 0 Å². The maximum absolute atomic E-state index is 11.3. The van der Waals surface area contributed by atoms with Crippen LogP contribution in [0.1, 0.15) is 33.6 Å². The molecule has 4 heteroatoms. The van der Waals surface area contributed by atoms with Crippen LogP contribution in [-0.4, -0.2) is 38.4 Å². The lowest BCUT2D eigenvalue weighted by Gasteiger charge is -2.35. The molecule has 0 aromatic heterocycles. The average molecular weight is 217 g/mol. The molecule has 0 aliphatic heterocycles. The van der Waals surface area contributed by atoms with Crippen LogP contribution >= 0.6 is 0 Å². The molecule has 0 radical (unpaired) electrons. The molecule has 15 heavy (non-hydrogen) atoms. The highest BCUT2D eigenvalue weighted by Crippen LogP contribution is 2.18. The largest absolute Gasteiger partial charge is 0.469 e. The van der Waals surface area contributed by atoms with Crippen LogP contribution in [0.25, 0.3) is 0 Å². The second-order valence-electron chi connectivity index (χ2n) is 3.98. The summed E-state index contributed by atoms with van der Waals surface area (Å²) < 4.78 is 9.97. The molecule has 0 rings (SSSR count). The summed E-state index contributed by atoms with van der Waals surface area (Å²) >= 11 is 0. The van der Waals surface area contributed by atoms with Gasteiger partial charge in [0.25, 0.3) is 0 Å². The zero-order valence-corrected chi connectivity index (χ0v) is 10.4. The molecule has 0 aromatic carbocycles. The molecule has 0 aliphatic carbocycles. The average Bonchev–Trinajstić information content (AvgIpc) is 2.24. The van der Waals surface area contributed by atoms with E-state index in [2.05, 4.69) is 17.0 Å². The first-order chi connectivity index (χ1) is 7.00. The number of rotatable bonds is 7. The highest BCUT2D eigenvalue weighted by atomic mass is 16.5. The molecular weight excluding hydrogens is 194 g/mol. The number of carbonyl (C=O) groups is 1. The van der Waals surface area contributed by atoms with Crippen molar-refractivity contribution in [2.45, 2.75) is 45.3 Å². The molecule has 0 heterocycles. The Morgan fingerprint density at radius 2 is 2.07 bits per heavy atom. The van der Waals surface area contributed by atoms with Crippen molar-refractivity contribution in [2.24, 2.45) is 0 Å². The van der Waals surface area contributed by atoms with Crippen LogP contribution in [0.5, 0.6) is 0 Å². The minimum absolute atomic E-state index is 0.0388. The van der Waals surface area contributed by atoms with Crippen molar-refractivity contribution >= 4 is 5.97 Å². The van der Waals surface area contributed by atoms with Gasteiger partial charge < -0.3 is 14.8 Å². The molecule has 0 aliphatic rings. The first kappa shape index (κ1) is 14.4. The van der Waals surface area contributed by atoms with Crippen LogP contribution in [0.15, 0.2) is 0 Å². The van der Waals surface area contributed by atoms with Gasteiger partial charge in [0.2, 0.25) is 0 Å². The van der Waals surface area contributed by atoms with Crippen LogP contribution in [-0.2, 0) is 14.3 Å². The Balaban J connectivity index is 4.46. The fourth-order valence-corrected chi connectivity index (χ4v) is 1.39. The van der Waals surface area contributed by atoms with E-state index in [4.69, 9.17) is 4.74 Å². The van der Waals surface area contributed by atoms with Crippen LogP contribution in [0.2, 0.25) is 0 Å². The van der Waals surface area contributed by atoms with Gasteiger partial charge in [-0.05, 0) is 26.8 Å². The fourth-order valence-electron chi connectivity index (χ4n) is 1.39. The number of esters is 1. The monoisotopic (exact) mass is 217 g/mol. The highest BCUT2D eigenvalue weighted by Gasteiger charge is 2.33. The lowest BCUT2D eigenvalue weighted by atomic mass is 9.91. The Bertz CT molecular complexity index is 196. The van der Waals surface area contributed by atoms with Gasteiger partial charge in [0, 0.05) is 7.11 Å². The smallest absolute Gasteiger partial charge is 0.307 e. The van der Waals surface area contributed by atoms with Crippen molar-refractivity contribution in [3.8, 4) is 0 Å². The number of ether oxygens (including phenoxy) is 2. The van der Waals surface area contributed by atoms with Crippen molar-refractivity contribution in [3.05, 3.63) is 0 Å². The van der Waals surface area contributed by atoms with Crippen LogP contribution in [0.3, 0.4) is 0 Å². The van der Waals surface area contributed by atoms with E-state index in [0.717, 1.165) is 13.0 Å². The number of hydrogen-bond acceptors (Lipinski definition) is 4. The predicted octanol–water partition coefficient (Wildman–Crippen LogP) is 1.34. The van der Waals surface area contributed by atoms with Gasteiger partial charge in [0.1, 0.15) is 0 Å². The standard InChI is InChI=1S/C11H23NO3/c1-6-7-12-11(3,9(2)14-4)8-10(13)15-5/h9,12H,6-8H2,1-5H3. The molecule has 0 aromatic rings. The van der Waals surface area contributed by atoms with Crippen molar-refractivity contribution in [1.29, 1.82) is 0 Å². The molecule has 0 saturated heterocycles. The molecular formula is C11H23NO3. The number of nitrogens with one attached hydrogen (secondary N) is 1. The Hall–Kier alpha value is -0.610. The van der Waals surface area contributed by atoms with Gasteiger partial charge in [-0.3, -0.25) is 4.79 Å². The molecule has 4 nitrogen and oxygen atoms in total. The van der Waals surface area contributed by atoms with E-state index in [-0.39, 0.29) is 17.6 Å². The lowest BCUT2D eigenvalue weighted by Crippen LogP contribution is -2.53. The minimum Gasteiger partial charge on any atom is -0.469 e. The van der Waals surface area contributed by atoms with Crippen molar-refractivity contribution in [2.75, 3.05) is 20.8 Å². The molecule has 1 N–H and O–H groups in total. The summed E-state index contributed by atoms with van der Waals surface area (Å²) in [5.41, 5.74) is -0.363. The van der Waals surface area contributed by atoms with Crippen molar-refractivity contribution in [1.82, 2.24) is 5.32 Å². The van der Waals surface area contributed by atoms with E-state index in [1.54, 1.807) is 7.11 Å².